The van der Waals surface area contributed by atoms with Crippen molar-refractivity contribution < 1.29 is 9.66 Å². The van der Waals surface area contributed by atoms with E-state index in [1.807, 2.05) is 6.07 Å². The van der Waals surface area contributed by atoms with Crippen LogP contribution in [-0.4, -0.2) is 12.0 Å². The Balaban J connectivity index is 2.06. The quantitative estimate of drug-likeness (QED) is 0.651. The van der Waals surface area contributed by atoms with Gasteiger partial charge in [0.15, 0.2) is 5.75 Å². The number of ether oxygens (including phenoxy) is 1. The molecular formula is C15H18N2O3S. The van der Waals surface area contributed by atoms with Crippen molar-refractivity contribution in [3.8, 4) is 5.75 Å². The molecule has 1 aromatic carbocycles. The smallest absolute Gasteiger partial charge is 0.311 e. The van der Waals surface area contributed by atoms with Gasteiger partial charge in [-0.25, -0.2) is 0 Å². The highest BCUT2D eigenvalue weighted by Crippen LogP contribution is 2.28. The van der Waals surface area contributed by atoms with E-state index < -0.39 is 4.92 Å². The van der Waals surface area contributed by atoms with Crippen molar-refractivity contribution in [1.82, 2.24) is 5.32 Å². The molecule has 0 aliphatic carbocycles. The largest absolute Gasteiger partial charge is 0.490 e. The Kier molecular flexibility index (Phi) is 4.93. The maximum atomic E-state index is 11.0. The predicted octanol–water partition coefficient (Wildman–Crippen LogP) is 3.82. The summed E-state index contributed by atoms with van der Waals surface area (Å²) in [5.74, 6) is 0.283. The number of hydrogen-bond donors (Lipinski definition) is 1. The van der Waals surface area contributed by atoms with Gasteiger partial charge in [-0.1, -0.05) is 6.07 Å². The summed E-state index contributed by atoms with van der Waals surface area (Å²) < 4.78 is 5.00. The summed E-state index contributed by atoms with van der Waals surface area (Å²) in [7, 11) is 1.43. The molecule has 0 amide bonds. The maximum absolute atomic E-state index is 11.0. The molecule has 1 aromatic heterocycles. The van der Waals surface area contributed by atoms with Gasteiger partial charge in [0.25, 0.3) is 0 Å². The van der Waals surface area contributed by atoms with E-state index in [0.717, 1.165) is 5.56 Å². The Morgan fingerprint density at radius 3 is 2.71 bits per heavy atom. The molecule has 0 radical (unpaired) electrons. The van der Waals surface area contributed by atoms with Gasteiger partial charge >= 0.3 is 5.69 Å². The monoisotopic (exact) mass is 306 g/mol. The Morgan fingerprint density at radius 1 is 1.38 bits per heavy atom. The number of nitrogens with one attached hydrogen (secondary N) is 1. The van der Waals surface area contributed by atoms with Crippen LogP contribution in [0.5, 0.6) is 5.75 Å². The summed E-state index contributed by atoms with van der Waals surface area (Å²) in [6, 6.07) is 9.44. The number of thiophene rings is 1. The second-order valence-corrected chi connectivity index (χ2v) is 6.13. The number of nitrogens with zero attached hydrogens (tertiary/aromatic N) is 1. The minimum absolute atomic E-state index is 0.00331. The van der Waals surface area contributed by atoms with Crippen LogP contribution in [0.1, 0.15) is 28.3 Å². The van der Waals surface area contributed by atoms with E-state index in [9.17, 15) is 10.1 Å². The van der Waals surface area contributed by atoms with E-state index in [1.54, 1.807) is 23.5 Å². The summed E-state index contributed by atoms with van der Waals surface area (Å²) in [6.07, 6.45) is 0. The summed E-state index contributed by atoms with van der Waals surface area (Å²) >= 11 is 1.75. The summed E-state index contributed by atoms with van der Waals surface area (Å²) in [6.45, 7) is 4.74. The molecule has 21 heavy (non-hydrogen) atoms. The molecule has 0 fully saturated rings. The SMILES string of the molecule is COc1ccc(CNC(C)c2ccc(C)s2)cc1[N+](=O)[O-]. The first-order chi connectivity index (χ1) is 10.0. The first kappa shape index (κ1) is 15.5. The van der Waals surface area contributed by atoms with E-state index >= 15 is 0 Å². The zero-order valence-corrected chi connectivity index (χ0v) is 13.1. The zero-order valence-electron chi connectivity index (χ0n) is 12.3. The van der Waals surface area contributed by atoms with Crippen molar-refractivity contribution in [2.45, 2.75) is 26.4 Å². The molecule has 112 valence electrons. The van der Waals surface area contributed by atoms with Crippen molar-refractivity contribution in [2.24, 2.45) is 0 Å². The molecule has 2 rings (SSSR count). The van der Waals surface area contributed by atoms with E-state index in [4.69, 9.17) is 4.74 Å². The molecule has 0 aliphatic heterocycles. The van der Waals surface area contributed by atoms with Crippen LogP contribution < -0.4 is 10.1 Å². The lowest BCUT2D eigenvalue weighted by Gasteiger charge is -2.12. The Morgan fingerprint density at radius 2 is 2.14 bits per heavy atom. The first-order valence-corrected chi connectivity index (χ1v) is 7.44. The van der Waals surface area contributed by atoms with Crippen LogP contribution in [0.3, 0.4) is 0 Å². The number of methoxy groups -OCH3 is 1. The van der Waals surface area contributed by atoms with Crippen molar-refractivity contribution in [3.63, 3.8) is 0 Å². The number of nitro benzene ring substituents is 1. The van der Waals surface area contributed by atoms with Crippen LogP contribution in [0.15, 0.2) is 30.3 Å². The number of rotatable bonds is 6. The van der Waals surface area contributed by atoms with Gasteiger partial charge in [-0.2, -0.15) is 0 Å². The van der Waals surface area contributed by atoms with Crippen LogP contribution in [0.4, 0.5) is 5.69 Å². The molecule has 1 N–H and O–H groups in total. The average molecular weight is 306 g/mol. The molecule has 6 heteroatoms. The van der Waals surface area contributed by atoms with E-state index in [0.29, 0.717) is 6.54 Å². The standard InChI is InChI=1S/C15H18N2O3S/c1-10-4-7-15(21-10)11(2)16-9-12-5-6-14(20-3)13(8-12)17(18)19/h4-8,11,16H,9H2,1-3H3. The fourth-order valence-electron chi connectivity index (χ4n) is 2.05. The van der Waals surface area contributed by atoms with Gasteiger partial charge in [0.05, 0.1) is 12.0 Å². The predicted molar refractivity (Wildman–Crippen MR) is 84.0 cm³/mol. The second kappa shape index (κ2) is 6.69. The first-order valence-electron chi connectivity index (χ1n) is 6.62. The van der Waals surface area contributed by atoms with Gasteiger partial charge in [0, 0.05) is 28.4 Å². The van der Waals surface area contributed by atoms with Crippen LogP contribution in [0.2, 0.25) is 0 Å². The normalized spacial score (nSPS) is 12.1. The molecule has 0 saturated heterocycles. The molecule has 0 saturated carbocycles. The highest BCUT2D eigenvalue weighted by Gasteiger charge is 2.15. The molecule has 1 heterocycles. The van der Waals surface area contributed by atoms with E-state index in [1.165, 1.54) is 16.9 Å². The van der Waals surface area contributed by atoms with Crippen molar-refractivity contribution in [1.29, 1.82) is 0 Å². The number of aryl methyl sites for hydroxylation is 1. The topological polar surface area (TPSA) is 64.4 Å². The lowest BCUT2D eigenvalue weighted by Crippen LogP contribution is -2.17. The fourth-order valence-corrected chi connectivity index (χ4v) is 2.95. The Bertz CT molecular complexity index is 640. The minimum Gasteiger partial charge on any atom is -0.490 e. The Hall–Kier alpha value is -1.92. The molecule has 5 nitrogen and oxygen atoms in total. The van der Waals surface area contributed by atoms with Crippen LogP contribution in [0, 0.1) is 17.0 Å². The lowest BCUT2D eigenvalue weighted by atomic mass is 10.1. The summed E-state index contributed by atoms with van der Waals surface area (Å²) in [4.78, 5) is 13.1. The molecule has 2 aromatic rings. The van der Waals surface area contributed by atoms with Gasteiger partial charge in [-0.15, -0.1) is 11.3 Å². The van der Waals surface area contributed by atoms with E-state index in [2.05, 4.69) is 31.3 Å². The van der Waals surface area contributed by atoms with Crippen molar-refractivity contribution in [3.05, 3.63) is 55.8 Å². The van der Waals surface area contributed by atoms with Gasteiger partial charge in [0.1, 0.15) is 0 Å². The molecule has 0 spiro atoms. The highest BCUT2D eigenvalue weighted by molar-refractivity contribution is 7.12. The minimum atomic E-state index is -0.422. The molecule has 0 bridgehead atoms. The molecule has 1 unspecified atom stereocenters. The van der Waals surface area contributed by atoms with Gasteiger partial charge in [0.2, 0.25) is 0 Å². The second-order valence-electron chi connectivity index (χ2n) is 4.81. The maximum Gasteiger partial charge on any atom is 0.311 e. The Labute approximate surface area is 127 Å². The zero-order chi connectivity index (χ0) is 15.4. The van der Waals surface area contributed by atoms with Gasteiger partial charge < -0.3 is 10.1 Å². The van der Waals surface area contributed by atoms with Crippen LogP contribution >= 0.6 is 11.3 Å². The molecular weight excluding hydrogens is 288 g/mol. The third-order valence-electron chi connectivity index (χ3n) is 3.24. The highest BCUT2D eigenvalue weighted by atomic mass is 32.1. The number of hydrogen-bond acceptors (Lipinski definition) is 5. The number of benzene rings is 1. The summed E-state index contributed by atoms with van der Waals surface area (Å²) in [5.41, 5.74) is 0.860. The average Bonchev–Trinajstić information content (AvgIpc) is 2.91. The summed E-state index contributed by atoms with van der Waals surface area (Å²) in [5, 5.41) is 14.4. The van der Waals surface area contributed by atoms with Crippen LogP contribution in [-0.2, 0) is 6.54 Å². The third-order valence-corrected chi connectivity index (χ3v) is 4.42. The van der Waals surface area contributed by atoms with Crippen molar-refractivity contribution in [2.75, 3.05) is 7.11 Å². The lowest BCUT2D eigenvalue weighted by molar-refractivity contribution is -0.385. The molecule has 0 aliphatic rings. The van der Waals surface area contributed by atoms with Crippen LogP contribution in [0.25, 0.3) is 0 Å². The fraction of sp³-hybridized carbons (Fsp3) is 0.333. The van der Waals surface area contributed by atoms with E-state index in [-0.39, 0.29) is 17.5 Å². The third kappa shape index (κ3) is 3.80. The number of nitro groups is 1. The molecule has 1 atom stereocenters. The van der Waals surface area contributed by atoms with Crippen molar-refractivity contribution >= 4 is 17.0 Å². The van der Waals surface area contributed by atoms with Gasteiger partial charge in [-0.05, 0) is 37.6 Å². The van der Waals surface area contributed by atoms with Gasteiger partial charge in [-0.3, -0.25) is 10.1 Å².